The van der Waals surface area contributed by atoms with E-state index < -0.39 is 16.7 Å². The Morgan fingerprint density at radius 2 is 1.89 bits per heavy atom. The van der Waals surface area contributed by atoms with Crippen LogP contribution in [0, 0.1) is 10.1 Å². The van der Waals surface area contributed by atoms with Crippen LogP contribution in [0.3, 0.4) is 0 Å². The minimum atomic E-state index is -4.50. The highest BCUT2D eigenvalue weighted by molar-refractivity contribution is 5.65. The average molecular weight is 397 g/mol. The van der Waals surface area contributed by atoms with Crippen LogP contribution < -0.4 is 10.1 Å². The summed E-state index contributed by atoms with van der Waals surface area (Å²) in [4.78, 5) is 14.4. The minimum absolute atomic E-state index is 0.0263. The maximum absolute atomic E-state index is 12.6. The van der Waals surface area contributed by atoms with E-state index in [1.807, 2.05) is 0 Å². The number of aliphatic hydroxyl groups is 1. The first-order valence-electron chi connectivity index (χ1n) is 8.66. The third kappa shape index (κ3) is 4.89. The van der Waals surface area contributed by atoms with Crippen molar-refractivity contribution in [2.45, 2.75) is 44.0 Å². The molecule has 10 heteroatoms. The van der Waals surface area contributed by atoms with Gasteiger partial charge >= 0.3 is 6.18 Å². The number of nitro benzene ring substituents is 1. The molecule has 0 aliphatic heterocycles. The van der Waals surface area contributed by atoms with Gasteiger partial charge < -0.3 is 15.2 Å². The highest BCUT2D eigenvalue weighted by atomic mass is 19.4. The molecule has 0 bridgehead atoms. The number of aromatic nitrogens is 1. The van der Waals surface area contributed by atoms with E-state index in [9.17, 15) is 28.4 Å². The second-order valence-electron chi connectivity index (χ2n) is 6.57. The molecule has 0 spiro atoms. The van der Waals surface area contributed by atoms with Gasteiger partial charge in [-0.15, -0.1) is 0 Å². The zero-order valence-corrected chi connectivity index (χ0v) is 14.6. The molecule has 1 aromatic carbocycles. The SMILES string of the molecule is O=[N+]([O-])c1ccc(Oc2ccc(C(F)(F)F)cn2)cc1NC1CCC(O)CC1. The van der Waals surface area contributed by atoms with Gasteiger partial charge in [0, 0.05) is 30.4 Å². The topological polar surface area (TPSA) is 97.5 Å². The molecule has 0 saturated heterocycles. The van der Waals surface area contributed by atoms with Crippen LogP contribution in [0.5, 0.6) is 11.6 Å². The van der Waals surface area contributed by atoms with Crippen molar-refractivity contribution in [1.29, 1.82) is 0 Å². The van der Waals surface area contributed by atoms with Gasteiger partial charge in [-0.25, -0.2) is 4.98 Å². The quantitative estimate of drug-likeness (QED) is 0.569. The molecule has 1 aliphatic carbocycles. The molecule has 1 aliphatic rings. The number of aliphatic hydroxyl groups excluding tert-OH is 1. The Balaban J connectivity index is 1.77. The van der Waals surface area contributed by atoms with E-state index in [1.54, 1.807) is 0 Å². The predicted octanol–water partition coefficient (Wildman–Crippen LogP) is 4.52. The Kier molecular flexibility index (Phi) is 5.68. The predicted molar refractivity (Wildman–Crippen MR) is 94.3 cm³/mol. The van der Waals surface area contributed by atoms with Gasteiger partial charge in [0.15, 0.2) is 0 Å². The lowest BCUT2D eigenvalue weighted by molar-refractivity contribution is -0.384. The van der Waals surface area contributed by atoms with E-state index >= 15 is 0 Å². The van der Waals surface area contributed by atoms with Gasteiger partial charge in [0.2, 0.25) is 5.88 Å². The van der Waals surface area contributed by atoms with Crippen LogP contribution in [0.15, 0.2) is 36.5 Å². The number of halogens is 3. The number of benzene rings is 1. The van der Waals surface area contributed by atoms with E-state index in [2.05, 4.69) is 10.3 Å². The molecule has 1 aromatic heterocycles. The summed E-state index contributed by atoms with van der Waals surface area (Å²) >= 11 is 0. The van der Waals surface area contributed by atoms with Crippen molar-refractivity contribution in [3.8, 4) is 11.6 Å². The zero-order chi connectivity index (χ0) is 20.3. The Bertz CT molecular complexity index is 835. The summed E-state index contributed by atoms with van der Waals surface area (Å²) in [5.41, 5.74) is -0.792. The molecule has 150 valence electrons. The summed E-state index contributed by atoms with van der Waals surface area (Å²) in [5.74, 6) is 0.143. The number of hydrogen-bond acceptors (Lipinski definition) is 6. The summed E-state index contributed by atoms with van der Waals surface area (Å²) in [6.45, 7) is 0. The van der Waals surface area contributed by atoms with Crippen molar-refractivity contribution in [2.24, 2.45) is 0 Å². The smallest absolute Gasteiger partial charge is 0.417 e. The number of pyridine rings is 1. The number of rotatable bonds is 5. The van der Waals surface area contributed by atoms with Crippen molar-refractivity contribution >= 4 is 11.4 Å². The minimum Gasteiger partial charge on any atom is -0.439 e. The molecular weight excluding hydrogens is 379 g/mol. The number of nitrogens with one attached hydrogen (secondary N) is 1. The normalized spacial score (nSPS) is 19.9. The fraction of sp³-hybridized carbons (Fsp3) is 0.389. The molecule has 28 heavy (non-hydrogen) atoms. The summed E-state index contributed by atoms with van der Waals surface area (Å²) in [6.07, 6.45) is -1.63. The highest BCUT2D eigenvalue weighted by Gasteiger charge is 2.30. The Morgan fingerprint density at radius 3 is 2.46 bits per heavy atom. The Morgan fingerprint density at radius 1 is 1.18 bits per heavy atom. The Hall–Kier alpha value is -2.88. The van der Waals surface area contributed by atoms with Crippen LogP contribution in [-0.2, 0) is 6.18 Å². The molecule has 3 rings (SSSR count). The van der Waals surface area contributed by atoms with Gasteiger partial charge in [0.05, 0.1) is 16.6 Å². The largest absolute Gasteiger partial charge is 0.439 e. The van der Waals surface area contributed by atoms with E-state index in [0.717, 1.165) is 12.1 Å². The van der Waals surface area contributed by atoms with E-state index in [1.165, 1.54) is 18.2 Å². The number of ether oxygens (including phenoxy) is 1. The molecule has 1 saturated carbocycles. The molecule has 0 unspecified atom stereocenters. The first kappa shape index (κ1) is 19.9. The summed E-state index contributed by atoms with van der Waals surface area (Å²) in [5, 5.41) is 24.0. The van der Waals surface area contributed by atoms with E-state index in [-0.39, 0.29) is 35.2 Å². The maximum Gasteiger partial charge on any atom is 0.417 e. The summed E-state index contributed by atoms with van der Waals surface area (Å²) in [6, 6.07) is 5.94. The van der Waals surface area contributed by atoms with Crippen LogP contribution in [-0.4, -0.2) is 27.2 Å². The zero-order valence-electron chi connectivity index (χ0n) is 14.6. The first-order valence-corrected chi connectivity index (χ1v) is 8.66. The van der Waals surface area contributed by atoms with Gasteiger partial charge in [-0.05, 0) is 37.8 Å². The van der Waals surface area contributed by atoms with Crippen molar-refractivity contribution in [3.63, 3.8) is 0 Å². The van der Waals surface area contributed by atoms with Crippen molar-refractivity contribution in [1.82, 2.24) is 4.98 Å². The standard InChI is InChI=1S/C18H18F3N3O4/c19-18(20,21)11-1-8-17(22-10-11)28-14-6-7-16(24(26)27)15(9-14)23-12-2-4-13(25)5-3-12/h1,6-10,12-13,23,25H,2-5H2. The molecule has 2 aromatic rings. The van der Waals surface area contributed by atoms with Crippen molar-refractivity contribution < 1.29 is 27.9 Å². The molecule has 0 radical (unpaired) electrons. The average Bonchev–Trinajstić information content (AvgIpc) is 2.63. The fourth-order valence-electron chi connectivity index (χ4n) is 3.02. The molecule has 2 N–H and O–H groups in total. The van der Waals surface area contributed by atoms with Crippen molar-refractivity contribution in [2.75, 3.05) is 5.32 Å². The Labute approximate surface area is 158 Å². The molecule has 0 atom stereocenters. The third-order valence-corrected chi connectivity index (χ3v) is 4.51. The number of nitrogens with zero attached hydrogens (tertiary/aromatic N) is 2. The number of anilines is 1. The molecule has 1 fully saturated rings. The van der Waals surface area contributed by atoms with Crippen LogP contribution in [0.25, 0.3) is 0 Å². The summed E-state index contributed by atoms with van der Waals surface area (Å²) < 4.78 is 43.2. The second kappa shape index (κ2) is 8.01. The molecule has 1 heterocycles. The van der Waals surface area contributed by atoms with Crippen LogP contribution in [0.4, 0.5) is 24.5 Å². The van der Waals surface area contributed by atoms with Gasteiger partial charge in [-0.1, -0.05) is 0 Å². The fourth-order valence-corrected chi connectivity index (χ4v) is 3.02. The van der Waals surface area contributed by atoms with Gasteiger partial charge in [-0.2, -0.15) is 13.2 Å². The maximum atomic E-state index is 12.6. The van der Waals surface area contributed by atoms with Crippen LogP contribution in [0.1, 0.15) is 31.2 Å². The molecule has 0 amide bonds. The van der Waals surface area contributed by atoms with Crippen molar-refractivity contribution in [3.05, 3.63) is 52.2 Å². The van der Waals surface area contributed by atoms with E-state index in [0.29, 0.717) is 31.9 Å². The third-order valence-electron chi connectivity index (χ3n) is 4.51. The lowest BCUT2D eigenvalue weighted by Gasteiger charge is -2.27. The molecule has 7 nitrogen and oxygen atoms in total. The van der Waals surface area contributed by atoms with Gasteiger partial charge in [0.1, 0.15) is 11.4 Å². The number of nitro groups is 1. The van der Waals surface area contributed by atoms with Crippen LogP contribution >= 0.6 is 0 Å². The lowest BCUT2D eigenvalue weighted by Crippen LogP contribution is -2.28. The highest BCUT2D eigenvalue weighted by Crippen LogP contribution is 2.34. The van der Waals surface area contributed by atoms with Gasteiger partial charge in [-0.3, -0.25) is 10.1 Å². The number of alkyl halides is 3. The summed E-state index contributed by atoms with van der Waals surface area (Å²) in [7, 11) is 0. The van der Waals surface area contributed by atoms with E-state index in [4.69, 9.17) is 4.74 Å². The van der Waals surface area contributed by atoms with Crippen LogP contribution in [0.2, 0.25) is 0 Å². The number of hydrogen-bond donors (Lipinski definition) is 2. The van der Waals surface area contributed by atoms with Gasteiger partial charge in [0.25, 0.3) is 5.69 Å². The first-order chi connectivity index (χ1) is 13.2. The lowest BCUT2D eigenvalue weighted by atomic mass is 9.93. The monoisotopic (exact) mass is 397 g/mol. The second-order valence-corrected chi connectivity index (χ2v) is 6.57. The molecular formula is C18H18F3N3O4.